The SMILES string of the molecule is Cc1nn2nc(C)c(-c3ccccc3)c2o1. The molecule has 4 nitrogen and oxygen atoms in total. The van der Waals surface area contributed by atoms with Gasteiger partial charge in [0.2, 0.25) is 11.6 Å². The Morgan fingerprint density at radius 2 is 1.81 bits per heavy atom. The molecule has 0 amide bonds. The van der Waals surface area contributed by atoms with E-state index in [0.29, 0.717) is 11.6 Å². The van der Waals surface area contributed by atoms with Crippen molar-refractivity contribution in [1.29, 1.82) is 0 Å². The Labute approximate surface area is 92.5 Å². The smallest absolute Gasteiger partial charge is 0.250 e. The fourth-order valence-corrected chi connectivity index (χ4v) is 1.88. The molecule has 0 unspecified atom stereocenters. The van der Waals surface area contributed by atoms with Gasteiger partial charge in [-0.1, -0.05) is 30.3 Å². The van der Waals surface area contributed by atoms with Crippen molar-refractivity contribution < 1.29 is 4.42 Å². The van der Waals surface area contributed by atoms with Gasteiger partial charge >= 0.3 is 0 Å². The molecule has 0 N–H and O–H groups in total. The summed E-state index contributed by atoms with van der Waals surface area (Å²) in [6, 6.07) is 10.1. The monoisotopic (exact) mass is 213 g/mol. The molecular formula is C12H11N3O. The fraction of sp³-hybridized carbons (Fsp3) is 0.167. The van der Waals surface area contributed by atoms with Gasteiger partial charge in [0, 0.05) is 6.92 Å². The molecule has 80 valence electrons. The largest absolute Gasteiger partial charge is 0.421 e. The second kappa shape index (κ2) is 3.20. The first-order chi connectivity index (χ1) is 7.75. The van der Waals surface area contributed by atoms with Gasteiger partial charge in [0.15, 0.2) is 0 Å². The molecular weight excluding hydrogens is 202 g/mol. The van der Waals surface area contributed by atoms with Crippen LogP contribution in [0.2, 0.25) is 0 Å². The van der Waals surface area contributed by atoms with E-state index in [4.69, 9.17) is 4.42 Å². The Morgan fingerprint density at radius 1 is 1.06 bits per heavy atom. The van der Waals surface area contributed by atoms with Crippen LogP contribution in [0.15, 0.2) is 34.7 Å². The molecule has 3 aromatic rings. The molecule has 2 heterocycles. The number of benzene rings is 1. The van der Waals surface area contributed by atoms with Crippen LogP contribution in [0.4, 0.5) is 0 Å². The summed E-state index contributed by atoms with van der Waals surface area (Å²) in [6.07, 6.45) is 0. The molecule has 4 heteroatoms. The molecule has 0 fully saturated rings. The lowest BCUT2D eigenvalue weighted by Gasteiger charge is -1.96. The van der Waals surface area contributed by atoms with E-state index in [9.17, 15) is 0 Å². The summed E-state index contributed by atoms with van der Waals surface area (Å²) < 4.78 is 7.11. The van der Waals surface area contributed by atoms with Gasteiger partial charge in [-0.25, -0.2) is 0 Å². The molecule has 0 aliphatic rings. The maximum absolute atomic E-state index is 5.56. The van der Waals surface area contributed by atoms with Gasteiger partial charge in [-0.05, 0) is 12.5 Å². The quantitative estimate of drug-likeness (QED) is 0.624. The number of hydrogen-bond acceptors (Lipinski definition) is 3. The molecule has 3 rings (SSSR count). The number of nitrogens with zero attached hydrogens (tertiary/aromatic N) is 3. The van der Waals surface area contributed by atoms with Crippen molar-refractivity contribution in [3.8, 4) is 11.1 Å². The van der Waals surface area contributed by atoms with Crippen LogP contribution in [0.25, 0.3) is 16.8 Å². The lowest BCUT2D eigenvalue weighted by Crippen LogP contribution is -1.86. The Kier molecular flexibility index (Phi) is 1.83. The van der Waals surface area contributed by atoms with Crippen LogP contribution < -0.4 is 0 Å². The topological polar surface area (TPSA) is 43.3 Å². The standard InChI is InChI=1S/C12H11N3O/c1-8-11(10-6-4-3-5-7-10)12-15(13-8)14-9(2)16-12/h3-7H,1-2H3. The molecule has 0 saturated heterocycles. The Morgan fingerprint density at radius 3 is 2.56 bits per heavy atom. The molecule has 0 aliphatic carbocycles. The fourth-order valence-electron chi connectivity index (χ4n) is 1.88. The minimum atomic E-state index is 0.625. The zero-order valence-electron chi connectivity index (χ0n) is 9.14. The lowest BCUT2D eigenvalue weighted by molar-refractivity contribution is 0.561. The van der Waals surface area contributed by atoms with Gasteiger partial charge in [-0.15, -0.1) is 9.73 Å². The van der Waals surface area contributed by atoms with Crippen molar-refractivity contribution in [3.05, 3.63) is 41.9 Å². The molecule has 0 aliphatic heterocycles. The third kappa shape index (κ3) is 1.23. The Bertz CT molecular complexity index is 637. The van der Waals surface area contributed by atoms with E-state index in [-0.39, 0.29) is 0 Å². The third-order valence-electron chi connectivity index (χ3n) is 2.54. The van der Waals surface area contributed by atoms with E-state index in [1.165, 1.54) is 0 Å². The van der Waals surface area contributed by atoms with Crippen molar-refractivity contribution >= 4 is 5.71 Å². The number of aryl methyl sites for hydroxylation is 2. The average molecular weight is 213 g/mol. The first-order valence-corrected chi connectivity index (χ1v) is 5.14. The van der Waals surface area contributed by atoms with Gasteiger partial charge in [0.05, 0.1) is 11.3 Å². The minimum absolute atomic E-state index is 0.625. The van der Waals surface area contributed by atoms with Gasteiger partial charge < -0.3 is 4.42 Å². The first kappa shape index (κ1) is 9.15. The Hall–Kier alpha value is -2.10. The summed E-state index contributed by atoms with van der Waals surface area (Å²) >= 11 is 0. The predicted octanol–water partition coefficient (Wildman–Crippen LogP) is 2.61. The van der Waals surface area contributed by atoms with Crippen LogP contribution >= 0.6 is 0 Å². The van der Waals surface area contributed by atoms with Crippen molar-refractivity contribution in [1.82, 2.24) is 14.8 Å². The van der Waals surface area contributed by atoms with E-state index in [1.54, 1.807) is 4.63 Å². The maximum atomic E-state index is 5.56. The summed E-state index contributed by atoms with van der Waals surface area (Å²) in [5.41, 5.74) is 3.76. The van der Waals surface area contributed by atoms with Crippen LogP contribution in [-0.4, -0.2) is 14.8 Å². The van der Waals surface area contributed by atoms with Gasteiger partial charge in [-0.2, -0.15) is 5.10 Å². The zero-order chi connectivity index (χ0) is 11.1. The van der Waals surface area contributed by atoms with Crippen LogP contribution in [-0.2, 0) is 0 Å². The van der Waals surface area contributed by atoms with Crippen molar-refractivity contribution in [3.63, 3.8) is 0 Å². The molecule has 0 atom stereocenters. The van der Waals surface area contributed by atoms with E-state index >= 15 is 0 Å². The number of rotatable bonds is 1. The average Bonchev–Trinajstić information content (AvgIpc) is 2.74. The maximum Gasteiger partial charge on any atom is 0.250 e. The van der Waals surface area contributed by atoms with Crippen molar-refractivity contribution in [2.24, 2.45) is 0 Å². The van der Waals surface area contributed by atoms with E-state index in [1.807, 2.05) is 44.2 Å². The van der Waals surface area contributed by atoms with Crippen molar-refractivity contribution in [2.45, 2.75) is 13.8 Å². The second-order valence-corrected chi connectivity index (χ2v) is 3.74. The highest BCUT2D eigenvalue weighted by atomic mass is 16.4. The number of hydrogen-bond donors (Lipinski definition) is 0. The zero-order valence-corrected chi connectivity index (χ0v) is 9.14. The summed E-state index contributed by atoms with van der Waals surface area (Å²) in [5, 5.41) is 8.48. The third-order valence-corrected chi connectivity index (χ3v) is 2.54. The van der Waals surface area contributed by atoms with E-state index in [2.05, 4.69) is 10.2 Å². The molecule has 0 bridgehead atoms. The highest BCUT2D eigenvalue weighted by molar-refractivity contribution is 5.78. The van der Waals surface area contributed by atoms with Gasteiger partial charge in [0.1, 0.15) is 0 Å². The molecule has 2 aromatic heterocycles. The van der Waals surface area contributed by atoms with Gasteiger partial charge in [0.25, 0.3) is 0 Å². The molecule has 0 saturated carbocycles. The normalized spacial score (nSPS) is 11.1. The van der Waals surface area contributed by atoms with Gasteiger partial charge in [-0.3, -0.25) is 0 Å². The highest BCUT2D eigenvalue weighted by Crippen LogP contribution is 2.28. The van der Waals surface area contributed by atoms with Crippen molar-refractivity contribution in [2.75, 3.05) is 0 Å². The van der Waals surface area contributed by atoms with Crippen LogP contribution in [0.3, 0.4) is 0 Å². The highest BCUT2D eigenvalue weighted by Gasteiger charge is 2.15. The predicted molar refractivity (Wildman–Crippen MR) is 60.2 cm³/mol. The minimum Gasteiger partial charge on any atom is -0.421 e. The summed E-state index contributed by atoms with van der Waals surface area (Å²) in [4.78, 5) is 0. The second-order valence-electron chi connectivity index (χ2n) is 3.74. The molecule has 0 spiro atoms. The molecule has 16 heavy (non-hydrogen) atoms. The summed E-state index contributed by atoms with van der Waals surface area (Å²) in [5.74, 6) is 0.625. The summed E-state index contributed by atoms with van der Waals surface area (Å²) in [6.45, 7) is 3.78. The number of fused-ring (bicyclic) bond motifs is 1. The van der Waals surface area contributed by atoms with Crippen LogP contribution in [0, 0.1) is 13.8 Å². The van der Waals surface area contributed by atoms with E-state index < -0.39 is 0 Å². The molecule has 0 radical (unpaired) electrons. The van der Waals surface area contributed by atoms with Crippen LogP contribution in [0.5, 0.6) is 0 Å². The summed E-state index contributed by atoms with van der Waals surface area (Å²) in [7, 11) is 0. The van der Waals surface area contributed by atoms with E-state index in [0.717, 1.165) is 16.8 Å². The number of aromatic nitrogens is 3. The molecule has 1 aromatic carbocycles. The lowest BCUT2D eigenvalue weighted by atomic mass is 10.1. The Balaban J connectivity index is 2.33. The van der Waals surface area contributed by atoms with Crippen LogP contribution in [0.1, 0.15) is 11.6 Å². The first-order valence-electron chi connectivity index (χ1n) is 5.14.